The fourth-order valence-electron chi connectivity index (χ4n) is 0.823. The minimum absolute atomic E-state index is 0.235. The van der Waals surface area contributed by atoms with Gasteiger partial charge < -0.3 is 9.47 Å². The topological polar surface area (TPSA) is 52.6 Å². The van der Waals surface area contributed by atoms with Crippen molar-refractivity contribution in [3.63, 3.8) is 0 Å². The van der Waals surface area contributed by atoms with Gasteiger partial charge in [-0.3, -0.25) is 0 Å². The summed E-state index contributed by atoms with van der Waals surface area (Å²) in [7, 11) is 0. The van der Waals surface area contributed by atoms with Crippen molar-refractivity contribution in [3.8, 4) is 0 Å². The second kappa shape index (κ2) is 7.40. The molecule has 0 saturated carbocycles. The average molecular weight is 262 g/mol. The molecule has 0 spiro atoms. The van der Waals surface area contributed by atoms with Crippen LogP contribution in [0.5, 0.6) is 0 Å². The van der Waals surface area contributed by atoms with Gasteiger partial charge in [0, 0.05) is 18.6 Å². The van der Waals surface area contributed by atoms with Crippen molar-refractivity contribution >= 4 is 37.2 Å². The van der Waals surface area contributed by atoms with Crippen molar-refractivity contribution in [2.24, 2.45) is 0 Å². The van der Waals surface area contributed by atoms with Gasteiger partial charge in [0.05, 0.1) is 0 Å². The molecule has 0 radical (unpaired) electrons. The van der Waals surface area contributed by atoms with Gasteiger partial charge in [-0.1, -0.05) is 25.8 Å². The first-order valence-corrected chi connectivity index (χ1v) is 5.59. The Kier molecular flexibility index (Phi) is 7.00. The van der Waals surface area contributed by atoms with Gasteiger partial charge >= 0.3 is 17.1 Å². The molecule has 6 heteroatoms. The van der Waals surface area contributed by atoms with Crippen molar-refractivity contribution in [2.75, 3.05) is 5.75 Å². The minimum Gasteiger partial charge on any atom is -0.410 e. The lowest BCUT2D eigenvalue weighted by atomic mass is 10.3. The van der Waals surface area contributed by atoms with Crippen molar-refractivity contribution in [1.82, 2.24) is 0 Å². The molecular formula is C10H14O4S2. The molecule has 0 aromatic heterocycles. The SMILES string of the molecule is C=CC(=O)OC(S)(CCCS)OC(=O)C=C. The summed E-state index contributed by atoms with van der Waals surface area (Å²) in [6.45, 7) is 6.48. The highest BCUT2D eigenvalue weighted by atomic mass is 32.1. The average Bonchev–Trinajstić information content (AvgIpc) is 2.25. The highest BCUT2D eigenvalue weighted by Crippen LogP contribution is 2.25. The summed E-state index contributed by atoms with van der Waals surface area (Å²) in [6.07, 6.45) is 2.74. The normalized spacial score (nSPS) is 10.4. The Morgan fingerprint density at radius 3 is 1.94 bits per heavy atom. The molecular weight excluding hydrogens is 248 g/mol. The lowest BCUT2D eigenvalue weighted by molar-refractivity contribution is -0.191. The monoisotopic (exact) mass is 262 g/mol. The molecule has 0 fully saturated rings. The Bertz CT molecular complexity index is 267. The number of esters is 2. The summed E-state index contributed by atoms with van der Waals surface area (Å²) in [5.41, 5.74) is 0. The van der Waals surface area contributed by atoms with Gasteiger partial charge in [-0.05, 0) is 12.2 Å². The number of ether oxygens (including phenoxy) is 2. The predicted octanol–water partition coefficient (Wildman–Crippen LogP) is 1.74. The molecule has 0 aliphatic rings. The van der Waals surface area contributed by atoms with Gasteiger partial charge in [0.2, 0.25) is 0 Å². The molecule has 0 aliphatic heterocycles. The largest absolute Gasteiger partial charge is 0.410 e. The van der Waals surface area contributed by atoms with E-state index in [2.05, 4.69) is 38.4 Å². The van der Waals surface area contributed by atoms with Gasteiger partial charge in [0.15, 0.2) is 0 Å². The second-order valence-electron chi connectivity index (χ2n) is 2.79. The first-order valence-electron chi connectivity index (χ1n) is 4.51. The molecule has 0 amide bonds. The summed E-state index contributed by atoms with van der Waals surface area (Å²) >= 11 is 8.03. The van der Waals surface area contributed by atoms with Gasteiger partial charge in [-0.15, -0.1) is 0 Å². The zero-order valence-corrected chi connectivity index (χ0v) is 10.5. The van der Waals surface area contributed by atoms with Crippen LogP contribution in [0.15, 0.2) is 25.3 Å². The van der Waals surface area contributed by atoms with E-state index in [1.165, 1.54) is 0 Å². The molecule has 0 aromatic rings. The van der Waals surface area contributed by atoms with E-state index in [4.69, 9.17) is 9.47 Å². The molecule has 0 saturated heterocycles. The smallest absolute Gasteiger partial charge is 0.334 e. The third-order valence-corrected chi connectivity index (χ3v) is 2.23. The van der Waals surface area contributed by atoms with Crippen LogP contribution in [0, 0.1) is 0 Å². The van der Waals surface area contributed by atoms with Gasteiger partial charge in [0.25, 0.3) is 0 Å². The highest BCUT2D eigenvalue weighted by molar-refractivity contribution is 7.81. The summed E-state index contributed by atoms with van der Waals surface area (Å²) < 4.78 is 9.69. The molecule has 0 N–H and O–H groups in total. The van der Waals surface area contributed by atoms with Crippen molar-refractivity contribution in [1.29, 1.82) is 0 Å². The standard InChI is InChI=1S/C10H14O4S2/c1-3-8(11)13-10(16,6-5-7-15)14-9(12)4-2/h3-4,15-16H,1-2,5-7H2. The van der Waals surface area contributed by atoms with Gasteiger partial charge in [0.1, 0.15) is 0 Å². The first kappa shape index (κ1) is 15.1. The lowest BCUT2D eigenvalue weighted by Crippen LogP contribution is -2.34. The molecule has 0 aliphatic carbocycles. The Balaban J connectivity index is 4.58. The number of rotatable bonds is 7. The molecule has 90 valence electrons. The van der Waals surface area contributed by atoms with E-state index in [1.807, 2.05) is 0 Å². The molecule has 4 nitrogen and oxygen atoms in total. The number of carbonyl (C=O) groups is 2. The summed E-state index contributed by atoms with van der Waals surface area (Å²) in [4.78, 5) is 22.1. The van der Waals surface area contributed by atoms with Gasteiger partial charge in [-0.2, -0.15) is 12.6 Å². The van der Waals surface area contributed by atoms with E-state index in [0.29, 0.717) is 12.2 Å². The zero-order valence-electron chi connectivity index (χ0n) is 8.72. The highest BCUT2D eigenvalue weighted by Gasteiger charge is 2.32. The molecule has 16 heavy (non-hydrogen) atoms. The van der Waals surface area contributed by atoms with E-state index < -0.39 is 17.1 Å². The van der Waals surface area contributed by atoms with E-state index in [0.717, 1.165) is 12.2 Å². The second-order valence-corrected chi connectivity index (χ2v) is 3.92. The quantitative estimate of drug-likeness (QED) is 0.317. The van der Waals surface area contributed by atoms with E-state index in [9.17, 15) is 9.59 Å². The molecule has 0 aromatic carbocycles. The van der Waals surface area contributed by atoms with Gasteiger partial charge in [-0.25, -0.2) is 9.59 Å². The zero-order chi connectivity index (χ0) is 12.6. The third kappa shape index (κ3) is 5.87. The van der Waals surface area contributed by atoms with Crippen molar-refractivity contribution in [3.05, 3.63) is 25.3 Å². The summed E-state index contributed by atoms with van der Waals surface area (Å²) in [6, 6.07) is 0. The maximum atomic E-state index is 11.0. The number of hydrogen-bond acceptors (Lipinski definition) is 6. The maximum absolute atomic E-state index is 11.0. The van der Waals surface area contributed by atoms with Crippen LogP contribution < -0.4 is 0 Å². The van der Waals surface area contributed by atoms with Crippen molar-refractivity contribution in [2.45, 2.75) is 18.0 Å². The Hall–Kier alpha value is -0.880. The summed E-state index contributed by atoms with van der Waals surface area (Å²) in [5.74, 6) is -0.878. The molecule has 0 heterocycles. The van der Waals surface area contributed by atoms with Crippen LogP contribution in [0.2, 0.25) is 0 Å². The number of hydrogen-bond donors (Lipinski definition) is 2. The Morgan fingerprint density at radius 1 is 1.19 bits per heavy atom. The van der Waals surface area contributed by atoms with Crippen LogP contribution in [-0.4, -0.2) is 22.8 Å². The molecule has 0 rings (SSSR count). The van der Waals surface area contributed by atoms with E-state index >= 15 is 0 Å². The fraction of sp³-hybridized carbons (Fsp3) is 0.400. The van der Waals surface area contributed by atoms with E-state index in [-0.39, 0.29) is 6.42 Å². The molecule has 0 bridgehead atoms. The van der Waals surface area contributed by atoms with Crippen molar-refractivity contribution < 1.29 is 19.1 Å². The predicted molar refractivity (Wildman–Crippen MR) is 67.4 cm³/mol. The summed E-state index contributed by atoms with van der Waals surface area (Å²) in [5, 5.41) is -1.60. The molecule has 0 atom stereocenters. The maximum Gasteiger partial charge on any atom is 0.334 e. The Morgan fingerprint density at radius 2 is 1.62 bits per heavy atom. The van der Waals surface area contributed by atoms with E-state index in [1.54, 1.807) is 0 Å². The van der Waals surface area contributed by atoms with Crippen LogP contribution in [0.1, 0.15) is 12.8 Å². The van der Waals surface area contributed by atoms with Crippen LogP contribution >= 0.6 is 25.3 Å². The first-order chi connectivity index (χ1) is 7.47. The Labute approximate surface area is 106 Å². The number of carbonyl (C=O) groups excluding carboxylic acids is 2. The lowest BCUT2D eigenvalue weighted by Gasteiger charge is -2.26. The fourth-order valence-corrected chi connectivity index (χ4v) is 1.32. The van der Waals surface area contributed by atoms with Crippen LogP contribution in [0.4, 0.5) is 0 Å². The van der Waals surface area contributed by atoms with Crippen LogP contribution in [-0.2, 0) is 19.1 Å². The van der Waals surface area contributed by atoms with Crippen LogP contribution in [0.3, 0.4) is 0 Å². The molecule has 0 unspecified atom stereocenters. The van der Waals surface area contributed by atoms with Crippen LogP contribution in [0.25, 0.3) is 0 Å². The third-order valence-electron chi connectivity index (χ3n) is 1.50. The minimum atomic E-state index is -1.60. The number of thiol groups is 2.